The van der Waals surface area contributed by atoms with Crippen molar-refractivity contribution in [1.82, 2.24) is 0 Å². The van der Waals surface area contributed by atoms with E-state index in [1.165, 1.54) is 11.1 Å². The van der Waals surface area contributed by atoms with Crippen molar-refractivity contribution in [3.63, 3.8) is 0 Å². The summed E-state index contributed by atoms with van der Waals surface area (Å²) in [6.45, 7) is 0.572. The number of hydrogen-bond acceptors (Lipinski definition) is 5. The quantitative estimate of drug-likeness (QED) is 0.610. The summed E-state index contributed by atoms with van der Waals surface area (Å²) in [5.74, 6) is 0.913. The molecular formula is C19H22O5S. The molecule has 1 aromatic rings. The summed E-state index contributed by atoms with van der Waals surface area (Å²) in [6.07, 6.45) is 7.98. The summed E-state index contributed by atoms with van der Waals surface area (Å²) in [5.41, 5.74) is 3.63. The molecule has 4 rings (SSSR count). The highest BCUT2D eigenvalue weighted by Gasteiger charge is 2.46. The van der Waals surface area contributed by atoms with Gasteiger partial charge in [0.15, 0.2) is 0 Å². The Morgan fingerprint density at radius 1 is 1.28 bits per heavy atom. The third-order valence-electron chi connectivity index (χ3n) is 5.62. The molecule has 0 N–H and O–H groups in total. The second-order valence-electron chi connectivity index (χ2n) is 7.63. The monoisotopic (exact) mass is 362 g/mol. The Bertz CT molecular complexity index is 855. The summed E-state index contributed by atoms with van der Waals surface area (Å²) in [7, 11) is -3.47. The standard InChI is InChI=1S/C19H22O5S/c1-25(21,22)24-17-5-4-13-8-14(2-3-15(13)9-17)16-6-7-19(10-16)11-18(20)23-12-19/h2-3,8-9,16H,4-7,10-12H2,1H3/t16-,19-/m0/s1. The van der Waals surface area contributed by atoms with Crippen LogP contribution >= 0.6 is 0 Å². The van der Waals surface area contributed by atoms with Crippen molar-refractivity contribution in [2.24, 2.45) is 5.41 Å². The highest BCUT2D eigenvalue weighted by molar-refractivity contribution is 7.86. The van der Waals surface area contributed by atoms with Crippen LogP contribution in [-0.4, -0.2) is 27.2 Å². The molecule has 6 heteroatoms. The van der Waals surface area contributed by atoms with E-state index >= 15 is 0 Å². The molecule has 1 heterocycles. The highest BCUT2D eigenvalue weighted by Crippen LogP contribution is 2.51. The Kier molecular flexibility index (Phi) is 3.90. The number of carbonyl (C=O) groups excluding carboxylic acids is 1. The van der Waals surface area contributed by atoms with E-state index in [1.54, 1.807) is 0 Å². The molecule has 1 aliphatic heterocycles. The van der Waals surface area contributed by atoms with Crippen molar-refractivity contribution >= 4 is 22.2 Å². The van der Waals surface area contributed by atoms with Crippen LogP contribution in [0, 0.1) is 5.41 Å². The lowest BCUT2D eigenvalue weighted by Gasteiger charge is -2.21. The SMILES string of the molecule is CS(=O)(=O)OC1=Cc2ccc([C@H]3CC[C@]4(COC(=O)C4)C3)cc2CC1. The van der Waals surface area contributed by atoms with E-state index in [0.717, 1.165) is 37.5 Å². The zero-order valence-corrected chi connectivity index (χ0v) is 15.1. The van der Waals surface area contributed by atoms with Crippen LogP contribution in [0.1, 0.15) is 54.7 Å². The van der Waals surface area contributed by atoms with E-state index in [2.05, 4.69) is 18.2 Å². The number of esters is 1. The largest absolute Gasteiger partial charge is 0.465 e. The van der Waals surface area contributed by atoms with Gasteiger partial charge in [-0.3, -0.25) is 4.79 Å². The van der Waals surface area contributed by atoms with Crippen LogP contribution in [0.25, 0.3) is 6.08 Å². The van der Waals surface area contributed by atoms with Gasteiger partial charge in [0, 0.05) is 11.8 Å². The first-order chi connectivity index (χ1) is 11.8. The van der Waals surface area contributed by atoms with Gasteiger partial charge in [-0.15, -0.1) is 0 Å². The van der Waals surface area contributed by atoms with Crippen LogP contribution in [0.15, 0.2) is 24.0 Å². The van der Waals surface area contributed by atoms with Crippen molar-refractivity contribution < 1.29 is 22.1 Å². The normalized spacial score (nSPS) is 28.6. The van der Waals surface area contributed by atoms with Crippen molar-refractivity contribution in [1.29, 1.82) is 0 Å². The first kappa shape index (κ1) is 16.6. The third-order valence-corrected chi connectivity index (χ3v) is 6.13. The molecule has 2 aliphatic carbocycles. The summed E-state index contributed by atoms with van der Waals surface area (Å²) in [4.78, 5) is 11.5. The maximum atomic E-state index is 11.5. The Labute approximate surface area is 148 Å². The molecule has 0 bridgehead atoms. The van der Waals surface area contributed by atoms with E-state index in [4.69, 9.17) is 8.92 Å². The maximum Gasteiger partial charge on any atom is 0.306 e. The average Bonchev–Trinajstić information content (AvgIpc) is 3.12. The Morgan fingerprint density at radius 3 is 2.84 bits per heavy atom. The number of carbonyl (C=O) groups is 1. The second-order valence-corrected chi connectivity index (χ2v) is 9.21. The molecule has 0 radical (unpaired) electrons. The molecule has 0 unspecified atom stereocenters. The van der Waals surface area contributed by atoms with Gasteiger partial charge >= 0.3 is 16.1 Å². The number of hydrogen-bond donors (Lipinski definition) is 0. The first-order valence-corrected chi connectivity index (χ1v) is 10.5. The van der Waals surface area contributed by atoms with E-state index < -0.39 is 10.1 Å². The van der Waals surface area contributed by atoms with Gasteiger partial charge in [-0.1, -0.05) is 18.2 Å². The average molecular weight is 362 g/mol. The molecule has 0 amide bonds. The highest BCUT2D eigenvalue weighted by atomic mass is 32.2. The molecule has 2 atom stereocenters. The predicted molar refractivity (Wildman–Crippen MR) is 93.3 cm³/mol. The summed E-state index contributed by atoms with van der Waals surface area (Å²) in [6, 6.07) is 6.42. The molecule has 2 fully saturated rings. The van der Waals surface area contributed by atoms with Crippen LogP contribution in [0.5, 0.6) is 0 Å². The van der Waals surface area contributed by atoms with Gasteiger partial charge in [-0.25, -0.2) is 0 Å². The maximum absolute atomic E-state index is 11.5. The molecule has 1 saturated carbocycles. The number of fused-ring (bicyclic) bond motifs is 1. The number of aryl methyl sites for hydroxylation is 1. The summed E-state index contributed by atoms with van der Waals surface area (Å²) in [5, 5.41) is 0. The van der Waals surface area contributed by atoms with Gasteiger partial charge in [0.05, 0.1) is 19.3 Å². The number of ether oxygens (including phenoxy) is 1. The second kappa shape index (κ2) is 5.87. The minimum Gasteiger partial charge on any atom is -0.465 e. The fraction of sp³-hybridized carbons (Fsp3) is 0.526. The third kappa shape index (κ3) is 3.45. The number of rotatable bonds is 3. The van der Waals surface area contributed by atoms with Crippen molar-refractivity contribution in [3.05, 3.63) is 40.6 Å². The molecule has 134 valence electrons. The minimum absolute atomic E-state index is 0.0497. The Morgan fingerprint density at radius 2 is 2.12 bits per heavy atom. The van der Waals surface area contributed by atoms with Crippen LogP contribution in [0.4, 0.5) is 0 Å². The number of benzene rings is 1. The number of allylic oxidation sites excluding steroid dienone is 1. The molecule has 1 spiro atoms. The van der Waals surface area contributed by atoms with Crippen LogP contribution in [-0.2, 0) is 30.3 Å². The number of cyclic esters (lactones) is 1. The fourth-order valence-electron chi connectivity index (χ4n) is 4.43. The first-order valence-electron chi connectivity index (χ1n) is 8.70. The summed E-state index contributed by atoms with van der Waals surface area (Å²) >= 11 is 0. The minimum atomic E-state index is -3.47. The van der Waals surface area contributed by atoms with E-state index in [9.17, 15) is 13.2 Å². The van der Waals surface area contributed by atoms with Crippen LogP contribution in [0.2, 0.25) is 0 Å². The molecule has 3 aliphatic rings. The van der Waals surface area contributed by atoms with Crippen LogP contribution in [0.3, 0.4) is 0 Å². The Hall–Kier alpha value is -1.82. The van der Waals surface area contributed by atoms with E-state index in [-0.39, 0.29) is 11.4 Å². The summed E-state index contributed by atoms with van der Waals surface area (Å²) < 4.78 is 32.8. The van der Waals surface area contributed by atoms with Crippen molar-refractivity contribution in [2.75, 3.05) is 12.9 Å². The molecule has 5 nitrogen and oxygen atoms in total. The van der Waals surface area contributed by atoms with Gasteiger partial charge in [-0.05, 0) is 54.4 Å². The van der Waals surface area contributed by atoms with E-state index in [0.29, 0.717) is 31.1 Å². The van der Waals surface area contributed by atoms with Crippen molar-refractivity contribution in [3.8, 4) is 0 Å². The van der Waals surface area contributed by atoms with Gasteiger partial charge in [0.2, 0.25) is 0 Å². The fourth-order valence-corrected chi connectivity index (χ4v) is 4.95. The molecule has 0 aromatic heterocycles. The molecular weight excluding hydrogens is 340 g/mol. The zero-order chi connectivity index (χ0) is 17.7. The zero-order valence-electron chi connectivity index (χ0n) is 14.3. The van der Waals surface area contributed by atoms with E-state index in [1.807, 2.05) is 6.08 Å². The molecule has 1 aromatic carbocycles. The molecule has 1 saturated heterocycles. The molecule has 25 heavy (non-hydrogen) atoms. The van der Waals surface area contributed by atoms with Crippen molar-refractivity contribution in [2.45, 2.75) is 44.4 Å². The topological polar surface area (TPSA) is 69.7 Å². The van der Waals surface area contributed by atoms with Gasteiger partial charge in [0.25, 0.3) is 0 Å². The smallest absolute Gasteiger partial charge is 0.306 e. The van der Waals surface area contributed by atoms with Crippen LogP contribution < -0.4 is 0 Å². The lowest BCUT2D eigenvalue weighted by molar-refractivity contribution is -0.137. The van der Waals surface area contributed by atoms with Gasteiger partial charge in [0.1, 0.15) is 5.76 Å². The lowest BCUT2D eigenvalue weighted by atomic mass is 9.83. The lowest BCUT2D eigenvalue weighted by Crippen LogP contribution is -2.16. The van der Waals surface area contributed by atoms with Gasteiger partial charge < -0.3 is 8.92 Å². The Balaban J connectivity index is 1.52. The predicted octanol–water partition coefficient (Wildman–Crippen LogP) is 3.15. The van der Waals surface area contributed by atoms with Gasteiger partial charge in [-0.2, -0.15) is 8.42 Å².